The lowest BCUT2D eigenvalue weighted by Gasteiger charge is -2.20. The second kappa shape index (κ2) is 12.9. The van der Waals surface area contributed by atoms with Gasteiger partial charge in [0.25, 0.3) is 0 Å². The normalized spacial score (nSPS) is 12.6. The fraction of sp³-hybridized carbons (Fsp3) is 0.611. The van der Waals surface area contributed by atoms with Crippen LogP contribution < -0.4 is 20.1 Å². The molecule has 0 aliphatic rings. The summed E-state index contributed by atoms with van der Waals surface area (Å²) in [5.74, 6) is 1.51. The van der Waals surface area contributed by atoms with Crippen LogP contribution in [0.1, 0.15) is 40.2 Å². The maximum absolute atomic E-state index is 12.5. The first kappa shape index (κ1) is 24.7. The Kier molecular flexibility index (Phi) is 12.3. The highest BCUT2D eigenvalue weighted by Gasteiger charge is 2.12. The number of halogens is 3. The average Bonchev–Trinajstić information content (AvgIpc) is 2.54. The summed E-state index contributed by atoms with van der Waals surface area (Å²) < 4.78 is 34.8. The molecule has 0 amide bonds. The van der Waals surface area contributed by atoms with Crippen LogP contribution in [0.3, 0.4) is 0 Å². The lowest BCUT2D eigenvalue weighted by molar-refractivity contribution is -0.0514. The van der Waals surface area contributed by atoms with Gasteiger partial charge in [0.15, 0.2) is 17.5 Å². The Hall–Kier alpha value is -1.32. The van der Waals surface area contributed by atoms with E-state index in [2.05, 4.69) is 41.1 Å². The summed E-state index contributed by atoms with van der Waals surface area (Å²) in [6.45, 7) is 8.79. The van der Waals surface area contributed by atoms with Gasteiger partial charge in [-0.25, -0.2) is 4.99 Å². The Bertz CT molecular complexity index is 557. The number of alkyl halides is 2. The molecule has 0 fully saturated rings. The number of guanidine groups is 1. The van der Waals surface area contributed by atoms with Crippen LogP contribution >= 0.6 is 24.0 Å². The van der Waals surface area contributed by atoms with Gasteiger partial charge in [0.1, 0.15) is 0 Å². The summed E-state index contributed by atoms with van der Waals surface area (Å²) in [6.07, 6.45) is 0. The number of rotatable bonds is 9. The summed E-state index contributed by atoms with van der Waals surface area (Å²) in [7, 11) is 0. The quantitative estimate of drug-likeness (QED) is 0.309. The van der Waals surface area contributed by atoms with Crippen LogP contribution in [0.2, 0.25) is 0 Å². The van der Waals surface area contributed by atoms with Gasteiger partial charge in [-0.1, -0.05) is 19.9 Å². The van der Waals surface area contributed by atoms with Crippen molar-refractivity contribution in [2.45, 2.75) is 53.8 Å². The fourth-order valence-electron chi connectivity index (χ4n) is 1.99. The molecule has 5 nitrogen and oxygen atoms in total. The molecule has 150 valence electrons. The van der Waals surface area contributed by atoms with Crippen molar-refractivity contribution < 1.29 is 18.3 Å². The van der Waals surface area contributed by atoms with E-state index in [1.807, 2.05) is 6.92 Å². The zero-order valence-corrected chi connectivity index (χ0v) is 18.3. The Balaban J connectivity index is 0.00000625. The van der Waals surface area contributed by atoms with Crippen LogP contribution in [0, 0.1) is 5.92 Å². The monoisotopic (exact) mass is 485 g/mol. The van der Waals surface area contributed by atoms with Crippen molar-refractivity contribution in [3.63, 3.8) is 0 Å². The van der Waals surface area contributed by atoms with E-state index in [1.165, 1.54) is 6.07 Å². The van der Waals surface area contributed by atoms with Crippen molar-refractivity contribution in [1.29, 1.82) is 0 Å². The number of aliphatic imine (C=N–C) groups is 1. The molecule has 0 aromatic heterocycles. The van der Waals surface area contributed by atoms with Gasteiger partial charge in [-0.3, -0.25) is 0 Å². The number of hydrogen-bond acceptors (Lipinski definition) is 3. The van der Waals surface area contributed by atoms with Crippen molar-refractivity contribution in [2.24, 2.45) is 10.9 Å². The van der Waals surface area contributed by atoms with E-state index in [0.29, 0.717) is 24.8 Å². The van der Waals surface area contributed by atoms with Crippen molar-refractivity contribution in [3.05, 3.63) is 23.8 Å². The highest BCUT2D eigenvalue weighted by Crippen LogP contribution is 2.30. The molecule has 26 heavy (non-hydrogen) atoms. The second-order valence-corrected chi connectivity index (χ2v) is 5.96. The Morgan fingerprint density at radius 2 is 1.85 bits per heavy atom. The van der Waals surface area contributed by atoms with Gasteiger partial charge in [0.2, 0.25) is 0 Å². The molecule has 1 atom stereocenters. The van der Waals surface area contributed by atoms with Gasteiger partial charge in [0.05, 0.1) is 13.2 Å². The van der Waals surface area contributed by atoms with Gasteiger partial charge < -0.3 is 20.1 Å². The molecule has 0 saturated heterocycles. The molecule has 0 aliphatic carbocycles. The largest absolute Gasteiger partial charge is 0.490 e. The predicted molar refractivity (Wildman–Crippen MR) is 112 cm³/mol. The van der Waals surface area contributed by atoms with Crippen LogP contribution in [0.4, 0.5) is 8.78 Å². The summed E-state index contributed by atoms with van der Waals surface area (Å²) in [4.78, 5) is 4.55. The molecule has 2 N–H and O–H groups in total. The van der Waals surface area contributed by atoms with E-state index >= 15 is 0 Å². The number of hydrogen-bond donors (Lipinski definition) is 2. The Morgan fingerprint density at radius 1 is 1.15 bits per heavy atom. The Morgan fingerprint density at radius 3 is 2.38 bits per heavy atom. The number of nitrogens with zero attached hydrogens (tertiary/aromatic N) is 1. The van der Waals surface area contributed by atoms with E-state index < -0.39 is 6.61 Å². The third-order valence-corrected chi connectivity index (χ3v) is 3.65. The van der Waals surface area contributed by atoms with E-state index in [9.17, 15) is 8.78 Å². The zero-order chi connectivity index (χ0) is 18.8. The van der Waals surface area contributed by atoms with Crippen molar-refractivity contribution in [2.75, 3.05) is 13.2 Å². The van der Waals surface area contributed by atoms with Crippen LogP contribution in [0.5, 0.6) is 11.5 Å². The topological polar surface area (TPSA) is 54.9 Å². The molecule has 1 rings (SSSR count). The number of benzene rings is 1. The highest BCUT2D eigenvalue weighted by atomic mass is 127. The second-order valence-electron chi connectivity index (χ2n) is 5.96. The maximum atomic E-state index is 12.5. The van der Waals surface area contributed by atoms with E-state index in [1.54, 1.807) is 19.1 Å². The minimum absolute atomic E-state index is 0. The first-order valence-corrected chi connectivity index (χ1v) is 8.62. The standard InChI is InChI=1S/C18H29F2N3O2.HI/c1-6-21-18(23-13(5)12(3)4)22-11-14-8-9-15(25-17(19)20)16(10-14)24-7-2;/h8-10,12-13,17H,6-7,11H2,1-5H3,(H2,21,22,23);1H. The summed E-state index contributed by atoms with van der Waals surface area (Å²) in [6, 6.07) is 5.15. The fourth-order valence-corrected chi connectivity index (χ4v) is 1.99. The predicted octanol–water partition coefficient (Wildman–Crippen LogP) is 4.40. The first-order chi connectivity index (χ1) is 11.9. The van der Waals surface area contributed by atoms with Crippen LogP contribution in [0.25, 0.3) is 0 Å². The molecule has 0 saturated carbocycles. The SMILES string of the molecule is CCNC(=NCc1ccc(OC(F)F)c(OCC)c1)NC(C)C(C)C.I. The summed E-state index contributed by atoms with van der Waals surface area (Å²) in [5, 5.41) is 6.55. The van der Waals surface area contributed by atoms with E-state index in [-0.39, 0.29) is 35.8 Å². The molecule has 0 aliphatic heterocycles. The maximum Gasteiger partial charge on any atom is 0.387 e. The minimum atomic E-state index is -2.88. The van der Waals surface area contributed by atoms with Crippen molar-refractivity contribution in [1.82, 2.24) is 10.6 Å². The molecule has 0 radical (unpaired) electrons. The van der Waals surface area contributed by atoms with E-state index in [0.717, 1.165) is 18.1 Å². The van der Waals surface area contributed by atoms with Crippen LogP contribution in [0.15, 0.2) is 23.2 Å². The number of ether oxygens (including phenoxy) is 2. The molecule has 0 spiro atoms. The third-order valence-electron chi connectivity index (χ3n) is 3.65. The van der Waals surface area contributed by atoms with Gasteiger partial charge >= 0.3 is 6.61 Å². The van der Waals surface area contributed by atoms with E-state index in [4.69, 9.17) is 4.74 Å². The van der Waals surface area contributed by atoms with Crippen LogP contribution in [-0.4, -0.2) is 31.8 Å². The van der Waals surface area contributed by atoms with Crippen LogP contribution in [-0.2, 0) is 6.54 Å². The first-order valence-electron chi connectivity index (χ1n) is 8.62. The molecular weight excluding hydrogens is 455 g/mol. The van der Waals surface area contributed by atoms with Crippen molar-refractivity contribution >= 4 is 29.9 Å². The molecule has 1 unspecified atom stereocenters. The molecule has 1 aromatic rings. The van der Waals surface area contributed by atoms with Gasteiger partial charge in [-0.15, -0.1) is 24.0 Å². The number of nitrogens with one attached hydrogen (secondary N) is 2. The zero-order valence-electron chi connectivity index (χ0n) is 16.0. The molecule has 0 bridgehead atoms. The average molecular weight is 485 g/mol. The summed E-state index contributed by atoms with van der Waals surface area (Å²) in [5.41, 5.74) is 0.847. The van der Waals surface area contributed by atoms with Gasteiger partial charge in [-0.05, 0) is 44.4 Å². The minimum Gasteiger partial charge on any atom is -0.490 e. The molecule has 1 aromatic carbocycles. The molecule has 0 heterocycles. The molecular formula is C18H30F2IN3O2. The van der Waals surface area contributed by atoms with Gasteiger partial charge in [-0.2, -0.15) is 8.78 Å². The Labute approximate surface area is 172 Å². The summed E-state index contributed by atoms with van der Waals surface area (Å²) >= 11 is 0. The van der Waals surface area contributed by atoms with Gasteiger partial charge in [0, 0.05) is 12.6 Å². The van der Waals surface area contributed by atoms with Crippen molar-refractivity contribution in [3.8, 4) is 11.5 Å². The third kappa shape index (κ3) is 8.86. The smallest absolute Gasteiger partial charge is 0.387 e. The molecule has 8 heteroatoms. The lowest BCUT2D eigenvalue weighted by atomic mass is 10.1. The lowest BCUT2D eigenvalue weighted by Crippen LogP contribution is -2.44. The highest BCUT2D eigenvalue weighted by molar-refractivity contribution is 14.0.